The summed E-state index contributed by atoms with van der Waals surface area (Å²) in [5, 5.41) is 1.54. The summed E-state index contributed by atoms with van der Waals surface area (Å²) in [4.78, 5) is 4.07. The van der Waals surface area contributed by atoms with E-state index in [1.54, 1.807) is 24.3 Å². The number of benzene rings is 1. The first kappa shape index (κ1) is 23.1. The average Bonchev–Trinajstić information content (AvgIpc) is 2.99. The number of aromatic nitrogens is 1. The summed E-state index contributed by atoms with van der Waals surface area (Å²) in [6, 6.07) is 10.5. The molecule has 0 radical (unpaired) electrons. The van der Waals surface area contributed by atoms with Crippen LogP contribution in [0.3, 0.4) is 0 Å². The maximum atomic E-state index is 4.07. The van der Waals surface area contributed by atoms with Gasteiger partial charge >= 0.3 is 174 Å². The summed E-state index contributed by atoms with van der Waals surface area (Å²) in [6.45, 7) is 14.8. The van der Waals surface area contributed by atoms with Crippen molar-refractivity contribution in [3.05, 3.63) is 29.8 Å². The quantitative estimate of drug-likeness (QED) is 0.293. The molecule has 0 saturated heterocycles. The van der Waals surface area contributed by atoms with Crippen molar-refractivity contribution in [1.29, 1.82) is 0 Å². The Labute approximate surface area is 173 Å². The number of fused-ring (bicyclic) bond motifs is 1. The Morgan fingerprint density at radius 3 is 1.81 bits per heavy atom. The molecule has 0 bridgehead atoms. The van der Waals surface area contributed by atoms with Gasteiger partial charge in [-0.2, -0.15) is 0 Å². The molecule has 0 aliphatic heterocycles. The molecule has 2 aromatic rings. The summed E-state index contributed by atoms with van der Waals surface area (Å²) in [5.74, 6) is 0. The van der Waals surface area contributed by atoms with Crippen LogP contribution in [-0.2, 0) is 6.04 Å². The van der Waals surface area contributed by atoms with E-state index in [1.807, 2.05) is 3.71 Å². The fourth-order valence-electron chi connectivity index (χ4n) is 4.66. The summed E-state index contributed by atoms with van der Waals surface area (Å²) >= 11 is -2.44. The van der Waals surface area contributed by atoms with Gasteiger partial charge in [-0.05, 0) is 0 Å². The molecule has 0 aliphatic carbocycles. The van der Waals surface area contributed by atoms with Crippen molar-refractivity contribution in [2.24, 2.45) is 0 Å². The predicted octanol–water partition coefficient (Wildman–Crippen LogP) is 7.64. The molecule has 27 heavy (non-hydrogen) atoms. The van der Waals surface area contributed by atoms with E-state index in [0.717, 1.165) is 0 Å². The van der Waals surface area contributed by atoms with Gasteiger partial charge in [-0.1, -0.05) is 0 Å². The van der Waals surface area contributed by atoms with Gasteiger partial charge in [-0.25, -0.2) is 0 Å². The van der Waals surface area contributed by atoms with Crippen molar-refractivity contribution in [3.8, 4) is 0 Å². The number of aromatic amines is 1. The van der Waals surface area contributed by atoms with Gasteiger partial charge in [0.1, 0.15) is 0 Å². The third kappa shape index (κ3) is 6.12. The number of nitrogens with one attached hydrogen (secondary N) is 1. The Morgan fingerprint density at radius 1 is 0.815 bits per heavy atom. The van der Waals surface area contributed by atoms with E-state index >= 15 is 0 Å². The van der Waals surface area contributed by atoms with Crippen molar-refractivity contribution < 1.29 is 0 Å². The molecule has 3 heteroatoms. The first-order valence-corrected chi connectivity index (χ1v) is 22.7. The summed E-state index contributed by atoms with van der Waals surface area (Å²) in [5.41, 5.74) is 3.16. The molecule has 0 amide bonds. The van der Waals surface area contributed by atoms with Gasteiger partial charge in [0, 0.05) is 0 Å². The fourth-order valence-corrected chi connectivity index (χ4v) is 23.3. The Kier molecular flexibility index (Phi) is 8.99. The zero-order valence-corrected chi connectivity index (χ0v) is 22.7. The third-order valence-corrected chi connectivity index (χ3v) is 23.0. The number of hydrogen-bond donors (Lipinski definition) is 1. The molecule has 0 saturated carbocycles. The van der Waals surface area contributed by atoms with E-state index in [9.17, 15) is 0 Å². The standard InChI is InChI=1S/C12H16NSi.3C4H9.Sn/c1-14(2,3)9-10-8-13-12-7-5-4-6-11(10)12;3*1-3-4-2;/h4-7,13H,9H2,1-3H3;3*1,3-4H2,2H3;. The molecule has 0 spiro atoms. The molecule has 1 heterocycles. The Balaban J connectivity index is 2.63. The zero-order chi connectivity index (χ0) is 19.9. The van der Waals surface area contributed by atoms with Crippen molar-refractivity contribution in [3.63, 3.8) is 0 Å². The third-order valence-electron chi connectivity index (χ3n) is 6.08. The van der Waals surface area contributed by atoms with Crippen LogP contribution in [0.4, 0.5) is 0 Å². The SMILES string of the molecule is CCC[CH2][Sn]([CH2]CCC)([CH2]CCC)[c]1[nH]c2ccccc2c1C[Si](C)(C)C. The van der Waals surface area contributed by atoms with E-state index in [1.165, 1.54) is 50.1 Å². The van der Waals surface area contributed by atoms with Crippen LogP contribution < -0.4 is 3.71 Å². The van der Waals surface area contributed by atoms with Crippen LogP contribution in [0.15, 0.2) is 24.3 Å². The maximum absolute atomic E-state index is 4.07. The number of unbranched alkanes of at least 4 members (excludes halogenated alkanes) is 3. The van der Waals surface area contributed by atoms with Crippen LogP contribution in [0, 0.1) is 0 Å². The van der Waals surface area contributed by atoms with Gasteiger partial charge < -0.3 is 0 Å². The van der Waals surface area contributed by atoms with Gasteiger partial charge in [0.25, 0.3) is 0 Å². The van der Waals surface area contributed by atoms with E-state index in [0.29, 0.717) is 0 Å². The summed E-state index contributed by atoms with van der Waals surface area (Å²) in [6.07, 6.45) is 8.35. The van der Waals surface area contributed by atoms with Gasteiger partial charge in [0.15, 0.2) is 0 Å². The molecule has 1 aromatic heterocycles. The van der Waals surface area contributed by atoms with Gasteiger partial charge in [0.05, 0.1) is 0 Å². The minimum absolute atomic E-state index is 1.17. The summed E-state index contributed by atoms with van der Waals surface area (Å²) < 4.78 is 6.48. The molecule has 1 nitrogen and oxygen atoms in total. The normalized spacial score (nSPS) is 12.8. The van der Waals surface area contributed by atoms with Crippen molar-refractivity contribution >= 4 is 41.1 Å². The van der Waals surface area contributed by atoms with Crippen molar-refractivity contribution in [1.82, 2.24) is 4.98 Å². The number of hydrogen-bond acceptors (Lipinski definition) is 0. The van der Waals surface area contributed by atoms with Gasteiger partial charge in [-0.15, -0.1) is 0 Å². The Morgan fingerprint density at radius 2 is 1.33 bits per heavy atom. The molecule has 2 rings (SSSR count). The van der Waals surface area contributed by atoms with Crippen LogP contribution in [0.2, 0.25) is 33.0 Å². The molecule has 0 fully saturated rings. The average molecular weight is 492 g/mol. The molecule has 1 N–H and O–H groups in total. The van der Waals surface area contributed by atoms with Crippen molar-refractivity contribution in [2.75, 3.05) is 0 Å². The minimum atomic E-state index is -2.44. The number of para-hydroxylation sites is 1. The van der Waals surface area contributed by atoms with Crippen LogP contribution in [0.1, 0.15) is 64.9 Å². The Hall–Kier alpha value is -0.224. The first-order valence-electron chi connectivity index (χ1n) is 11.5. The summed E-state index contributed by atoms with van der Waals surface area (Å²) in [7, 11) is -1.17. The molecule has 1 aromatic carbocycles. The fraction of sp³-hybridized carbons (Fsp3) is 0.667. The van der Waals surface area contributed by atoms with Crippen LogP contribution in [0.25, 0.3) is 10.9 Å². The zero-order valence-electron chi connectivity index (χ0n) is 18.9. The van der Waals surface area contributed by atoms with E-state index in [2.05, 4.69) is 69.7 Å². The topological polar surface area (TPSA) is 15.8 Å². The molecule has 0 atom stereocenters. The molecule has 152 valence electrons. The predicted molar refractivity (Wildman–Crippen MR) is 130 cm³/mol. The van der Waals surface area contributed by atoms with Gasteiger partial charge in [-0.3, -0.25) is 0 Å². The second kappa shape index (κ2) is 10.5. The molecule has 0 aliphatic rings. The molecular formula is C24H43NSiSn. The number of H-pyrrole nitrogens is 1. The van der Waals surface area contributed by atoms with Crippen LogP contribution in [-0.4, -0.2) is 31.4 Å². The monoisotopic (exact) mass is 493 g/mol. The van der Waals surface area contributed by atoms with E-state index < -0.39 is 26.5 Å². The second-order valence-electron chi connectivity index (χ2n) is 9.85. The van der Waals surface area contributed by atoms with Crippen molar-refractivity contribution in [2.45, 2.75) is 98.3 Å². The number of rotatable bonds is 12. The second-order valence-corrected chi connectivity index (χ2v) is 28.3. The molecule has 0 unspecified atom stereocenters. The van der Waals surface area contributed by atoms with E-state index in [4.69, 9.17) is 0 Å². The first-order chi connectivity index (χ1) is 12.9. The van der Waals surface area contributed by atoms with Gasteiger partial charge in [0.2, 0.25) is 0 Å². The van der Waals surface area contributed by atoms with E-state index in [-0.39, 0.29) is 0 Å². The van der Waals surface area contributed by atoms with Crippen LogP contribution in [0.5, 0.6) is 0 Å². The van der Waals surface area contributed by atoms with Crippen LogP contribution >= 0.6 is 0 Å². The Bertz CT molecular complexity index is 676. The molecular weight excluding hydrogens is 449 g/mol.